The van der Waals surface area contributed by atoms with Gasteiger partial charge in [-0.1, -0.05) is 182 Å². The van der Waals surface area contributed by atoms with Crippen LogP contribution in [0.15, 0.2) is 259 Å². The highest BCUT2D eigenvalue weighted by Crippen LogP contribution is 2.45. The van der Waals surface area contributed by atoms with Crippen LogP contribution in [0.2, 0.25) is 0 Å². The third-order valence-corrected chi connectivity index (χ3v) is 13.4. The van der Waals surface area contributed by atoms with Gasteiger partial charge in [0, 0.05) is 49.6 Å². The molecule has 0 bridgehead atoms. The molecule has 0 aliphatic heterocycles. The average molecular weight is 855 g/mol. The van der Waals surface area contributed by atoms with Gasteiger partial charge in [0.05, 0.1) is 16.7 Å². The van der Waals surface area contributed by atoms with Crippen LogP contribution in [0.1, 0.15) is 0 Å². The third kappa shape index (κ3) is 6.59. The van der Waals surface area contributed by atoms with Gasteiger partial charge in [0.15, 0.2) is 0 Å². The maximum Gasteiger partial charge on any atom is 0.143 e. The molecule has 13 rings (SSSR count). The second-order valence-corrected chi connectivity index (χ2v) is 17.3. The van der Waals surface area contributed by atoms with E-state index in [0.29, 0.717) is 0 Å². The molecule has 2 aromatic heterocycles. The van der Waals surface area contributed by atoms with E-state index >= 15 is 0 Å². The van der Waals surface area contributed by atoms with Gasteiger partial charge in [-0.15, -0.1) is 0 Å². The van der Waals surface area contributed by atoms with Gasteiger partial charge in [0.1, 0.15) is 11.2 Å². The summed E-state index contributed by atoms with van der Waals surface area (Å²) >= 11 is 0. The van der Waals surface area contributed by atoms with E-state index in [1.54, 1.807) is 0 Å². The zero-order valence-electron chi connectivity index (χ0n) is 36.6. The number of benzene rings is 11. The summed E-state index contributed by atoms with van der Waals surface area (Å²) in [5.74, 6) is 0. The van der Waals surface area contributed by atoms with Crippen LogP contribution >= 0.6 is 0 Å². The maximum atomic E-state index is 6.59. The van der Waals surface area contributed by atoms with Gasteiger partial charge in [0.25, 0.3) is 0 Å². The summed E-state index contributed by atoms with van der Waals surface area (Å²) in [6.07, 6.45) is 0. The Bertz CT molecular complexity index is 3900. The van der Waals surface area contributed by atoms with Crippen molar-refractivity contribution < 1.29 is 4.42 Å². The summed E-state index contributed by atoms with van der Waals surface area (Å²) in [6.45, 7) is 0. The van der Waals surface area contributed by atoms with Gasteiger partial charge in [0.2, 0.25) is 0 Å². The van der Waals surface area contributed by atoms with Gasteiger partial charge < -0.3 is 13.9 Å². The van der Waals surface area contributed by atoms with E-state index in [1.165, 1.54) is 38.3 Å². The SMILES string of the molecule is c1ccc(-c2ccc(N(c3ccc(-c4cccc(-n5c6ccccc6c6ccccc65)c4)cc3)c3ccc(-c4cccc5oc6c7ccccc7ccc6c45)cc3)c(-c3ccccc3)c2)cc1. The number of hydrogen-bond donors (Lipinski definition) is 0. The van der Waals surface area contributed by atoms with E-state index in [1.807, 2.05) is 0 Å². The zero-order valence-corrected chi connectivity index (χ0v) is 36.6. The van der Waals surface area contributed by atoms with Gasteiger partial charge in [-0.25, -0.2) is 0 Å². The average Bonchev–Trinajstić information content (AvgIpc) is 3.96. The lowest BCUT2D eigenvalue weighted by molar-refractivity contribution is 0.673. The smallest absolute Gasteiger partial charge is 0.143 e. The summed E-state index contributed by atoms with van der Waals surface area (Å²) < 4.78 is 8.98. The first-order valence-corrected chi connectivity index (χ1v) is 22.9. The second-order valence-electron chi connectivity index (χ2n) is 17.3. The number of hydrogen-bond acceptors (Lipinski definition) is 2. The molecule has 0 unspecified atom stereocenters. The van der Waals surface area contributed by atoms with Crippen molar-refractivity contribution in [2.75, 3.05) is 4.90 Å². The fourth-order valence-electron chi connectivity index (χ4n) is 10.2. The molecule has 0 fully saturated rings. The van der Waals surface area contributed by atoms with Crippen LogP contribution < -0.4 is 4.90 Å². The predicted molar refractivity (Wildman–Crippen MR) is 282 cm³/mol. The Labute approximate surface area is 388 Å². The van der Waals surface area contributed by atoms with Crippen molar-refractivity contribution in [3.05, 3.63) is 255 Å². The van der Waals surface area contributed by atoms with E-state index < -0.39 is 0 Å². The van der Waals surface area contributed by atoms with Crippen LogP contribution in [0.5, 0.6) is 0 Å². The Morgan fingerprint density at radius 3 is 1.58 bits per heavy atom. The molecule has 0 aliphatic carbocycles. The zero-order chi connectivity index (χ0) is 44.3. The Hall–Kier alpha value is -8.92. The lowest BCUT2D eigenvalue weighted by Gasteiger charge is -2.29. The lowest BCUT2D eigenvalue weighted by Crippen LogP contribution is -2.11. The molecule has 67 heavy (non-hydrogen) atoms. The minimum Gasteiger partial charge on any atom is -0.455 e. The van der Waals surface area contributed by atoms with Crippen LogP contribution in [0.3, 0.4) is 0 Å². The van der Waals surface area contributed by atoms with Gasteiger partial charge in [-0.3, -0.25) is 0 Å². The van der Waals surface area contributed by atoms with Crippen LogP contribution in [0.25, 0.3) is 105 Å². The third-order valence-electron chi connectivity index (χ3n) is 13.4. The highest BCUT2D eigenvalue weighted by Gasteiger charge is 2.21. The van der Waals surface area contributed by atoms with E-state index in [2.05, 4.69) is 264 Å². The topological polar surface area (TPSA) is 21.3 Å². The fourth-order valence-corrected chi connectivity index (χ4v) is 10.2. The van der Waals surface area contributed by atoms with E-state index in [-0.39, 0.29) is 0 Å². The van der Waals surface area contributed by atoms with Gasteiger partial charge in [-0.05, 0) is 117 Å². The summed E-state index contributed by atoms with van der Waals surface area (Å²) in [5.41, 5.74) is 17.8. The molecule has 0 N–H and O–H groups in total. The van der Waals surface area contributed by atoms with Gasteiger partial charge in [-0.2, -0.15) is 0 Å². The number of para-hydroxylation sites is 2. The monoisotopic (exact) mass is 854 g/mol. The quantitative estimate of drug-likeness (QED) is 0.152. The summed E-state index contributed by atoms with van der Waals surface area (Å²) in [4.78, 5) is 2.40. The molecule has 2 heterocycles. The van der Waals surface area contributed by atoms with Crippen molar-refractivity contribution in [3.8, 4) is 50.2 Å². The highest BCUT2D eigenvalue weighted by atomic mass is 16.3. The molecule has 3 nitrogen and oxygen atoms in total. The van der Waals surface area contributed by atoms with Crippen molar-refractivity contribution in [2.24, 2.45) is 0 Å². The van der Waals surface area contributed by atoms with Crippen LogP contribution in [0.4, 0.5) is 17.1 Å². The number of furan rings is 1. The van der Waals surface area contributed by atoms with Crippen molar-refractivity contribution in [3.63, 3.8) is 0 Å². The summed E-state index contributed by atoms with van der Waals surface area (Å²) in [6, 6.07) is 91.9. The van der Waals surface area contributed by atoms with Gasteiger partial charge >= 0.3 is 0 Å². The molecule has 0 saturated carbocycles. The molecule has 0 atom stereocenters. The van der Waals surface area contributed by atoms with Crippen molar-refractivity contribution >= 4 is 71.6 Å². The molecule has 3 heteroatoms. The molecule has 11 aromatic carbocycles. The molecule has 0 aliphatic rings. The molecule has 0 saturated heterocycles. The van der Waals surface area contributed by atoms with E-state index in [0.717, 1.165) is 83.5 Å². The Morgan fingerprint density at radius 2 is 0.866 bits per heavy atom. The Kier molecular flexibility index (Phi) is 9.17. The van der Waals surface area contributed by atoms with Crippen molar-refractivity contribution in [1.29, 1.82) is 0 Å². The molecule has 0 spiro atoms. The number of rotatable bonds is 8. The Morgan fingerprint density at radius 1 is 0.328 bits per heavy atom. The first-order chi connectivity index (χ1) is 33.2. The molecule has 0 amide bonds. The molecular weight excluding hydrogens is 813 g/mol. The van der Waals surface area contributed by atoms with Crippen LogP contribution in [-0.4, -0.2) is 4.57 Å². The number of anilines is 3. The standard InChI is InChI=1S/C64H42N2O/c1-3-15-43(16-4-1)49-34-40-61(58(42-49)45-17-5-2-6-18-45)65(51-37-31-47(32-38-51)53-25-14-28-62-63(53)57-39-33-46-19-7-8-22-54(46)64(57)67-62)50-35-29-44(30-36-50)48-20-13-21-52(41-48)66-59-26-11-9-23-55(59)56-24-10-12-27-60(56)66/h1-42H. The number of fused-ring (bicyclic) bond motifs is 8. The van der Waals surface area contributed by atoms with E-state index in [9.17, 15) is 0 Å². The van der Waals surface area contributed by atoms with Crippen LogP contribution in [-0.2, 0) is 0 Å². The lowest BCUT2D eigenvalue weighted by atomic mass is 9.95. The largest absolute Gasteiger partial charge is 0.455 e. The first-order valence-electron chi connectivity index (χ1n) is 22.9. The minimum absolute atomic E-state index is 0.890. The molecule has 13 aromatic rings. The molecule has 0 radical (unpaired) electrons. The fraction of sp³-hybridized carbons (Fsp3) is 0. The Balaban J connectivity index is 0.941. The predicted octanol–water partition coefficient (Wildman–Crippen LogP) is 18.0. The number of aromatic nitrogens is 1. The molecule has 314 valence electrons. The first kappa shape index (κ1) is 38.5. The summed E-state index contributed by atoms with van der Waals surface area (Å²) in [5, 5.41) is 7.08. The van der Waals surface area contributed by atoms with Crippen molar-refractivity contribution in [2.45, 2.75) is 0 Å². The van der Waals surface area contributed by atoms with Crippen LogP contribution in [0, 0.1) is 0 Å². The second kappa shape index (κ2) is 16.0. The van der Waals surface area contributed by atoms with Crippen molar-refractivity contribution in [1.82, 2.24) is 4.57 Å². The normalized spacial score (nSPS) is 11.6. The highest BCUT2D eigenvalue weighted by molar-refractivity contribution is 6.19. The van der Waals surface area contributed by atoms with E-state index in [4.69, 9.17) is 4.42 Å². The summed E-state index contributed by atoms with van der Waals surface area (Å²) in [7, 11) is 0. The molecular formula is C64H42N2O. The maximum absolute atomic E-state index is 6.59. The number of nitrogens with zero attached hydrogens (tertiary/aromatic N) is 2. The minimum atomic E-state index is 0.890.